The van der Waals surface area contributed by atoms with Crippen molar-refractivity contribution in [2.45, 2.75) is 19.3 Å². The molecule has 0 spiro atoms. The van der Waals surface area contributed by atoms with Crippen molar-refractivity contribution in [1.29, 1.82) is 0 Å². The fourth-order valence-electron chi connectivity index (χ4n) is 6.29. The van der Waals surface area contributed by atoms with E-state index in [4.69, 9.17) is 0 Å². The van der Waals surface area contributed by atoms with Gasteiger partial charge in [-0.1, -0.05) is 66.7 Å². The van der Waals surface area contributed by atoms with Crippen LogP contribution in [-0.4, -0.2) is 0 Å². The molecule has 0 atom stereocenters. The Balaban J connectivity index is 1.29. The maximum atomic E-state index is 2.49. The van der Waals surface area contributed by atoms with Gasteiger partial charge in [0.15, 0.2) is 0 Å². The summed E-state index contributed by atoms with van der Waals surface area (Å²) in [5.74, 6) is 0. The van der Waals surface area contributed by atoms with Crippen molar-refractivity contribution in [3.63, 3.8) is 0 Å². The lowest BCUT2D eigenvalue weighted by molar-refractivity contribution is 1.16. The number of rotatable bonds is 0. The third kappa shape index (κ3) is 2.05. The fourth-order valence-corrected chi connectivity index (χ4v) is 6.29. The summed E-state index contributed by atoms with van der Waals surface area (Å²) in [6.45, 7) is 0. The second-order valence-corrected chi connectivity index (χ2v) is 9.33. The van der Waals surface area contributed by atoms with Crippen LogP contribution in [0.1, 0.15) is 33.4 Å². The van der Waals surface area contributed by atoms with Crippen LogP contribution in [-0.2, 0) is 19.3 Å². The van der Waals surface area contributed by atoms with Crippen LogP contribution >= 0.6 is 0 Å². The first kappa shape index (κ1) is 16.1. The number of hydrogen-bond acceptors (Lipinski definition) is 0. The molecule has 0 N–H and O–H groups in total. The quantitative estimate of drug-likeness (QED) is 0.250. The van der Waals surface area contributed by atoms with Gasteiger partial charge in [0.1, 0.15) is 0 Å². The summed E-state index contributed by atoms with van der Waals surface area (Å²) >= 11 is 0. The van der Waals surface area contributed by atoms with E-state index in [9.17, 15) is 0 Å². The van der Waals surface area contributed by atoms with Crippen LogP contribution in [0.15, 0.2) is 84.9 Å². The van der Waals surface area contributed by atoms with Crippen LogP contribution < -0.4 is 0 Å². The van der Waals surface area contributed by atoms with Crippen molar-refractivity contribution in [2.24, 2.45) is 0 Å². The highest BCUT2D eigenvalue weighted by Gasteiger charge is 2.30. The molecule has 5 aromatic rings. The van der Waals surface area contributed by atoms with Crippen LogP contribution in [0.4, 0.5) is 0 Å². The Morgan fingerprint density at radius 2 is 0.903 bits per heavy atom. The molecule has 5 aromatic carbocycles. The first-order valence-corrected chi connectivity index (χ1v) is 11.2. The van der Waals surface area contributed by atoms with E-state index in [2.05, 4.69) is 84.9 Å². The van der Waals surface area contributed by atoms with Gasteiger partial charge >= 0.3 is 0 Å². The van der Waals surface area contributed by atoms with Crippen molar-refractivity contribution >= 4 is 10.8 Å². The Morgan fingerprint density at radius 1 is 0.355 bits per heavy atom. The summed E-state index contributed by atoms with van der Waals surface area (Å²) in [6.07, 6.45) is 3.20. The fraction of sp³-hybridized carbons (Fsp3) is 0.0968. The van der Waals surface area contributed by atoms with E-state index in [0.717, 1.165) is 19.3 Å². The lowest BCUT2D eigenvalue weighted by atomic mass is 9.95. The van der Waals surface area contributed by atoms with Gasteiger partial charge in [-0.3, -0.25) is 0 Å². The predicted molar refractivity (Wildman–Crippen MR) is 129 cm³/mol. The highest BCUT2D eigenvalue weighted by Crippen LogP contribution is 2.49. The molecule has 0 heteroatoms. The molecule has 0 bridgehead atoms. The zero-order chi connectivity index (χ0) is 20.1. The first-order valence-electron chi connectivity index (χ1n) is 11.2. The van der Waals surface area contributed by atoms with E-state index in [1.807, 2.05) is 0 Å². The smallest absolute Gasteiger partial charge is 0.00102 e. The zero-order valence-electron chi connectivity index (χ0n) is 17.2. The first-order chi connectivity index (χ1) is 15.3. The van der Waals surface area contributed by atoms with Crippen molar-refractivity contribution in [1.82, 2.24) is 0 Å². The predicted octanol–water partition coefficient (Wildman–Crippen LogP) is 7.55. The summed E-state index contributed by atoms with van der Waals surface area (Å²) in [4.78, 5) is 0. The molecule has 31 heavy (non-hydrogen) atoms. The lowest BCUT2D eigenvalue weighted by Crippen LogP contribution is -1.91. The van der Waals surface area contributed by atoms with Crippen molar-refractivity contribution in [3.8, 4) is 33.4 Å². The molecule has 0 amide bonds. The van der Waals surface area contributed by atoms with E-state index in [1.54, 1.807) is 11.1 Å². The monoisotopic (exact) mass is 392 g/mol. The minimum atomic E-state index is 1.06. The molecular weight excluding hydrogens is 372 g/mol. The zero-order valence-corrected chi connectivity index (χ0v) is 17.2. The van der Waals surface area contributed by atoms with E-state index in [1.165, 1.54) is 66.4 Å². The maximum Gasteiger partial charge on any atom is -0.00102 e. The Labute approximate surface area is 181 Å². The summed E-state index contributed by atoms with van der Waals surface area (Å²) in [6, 6.07) is 32.2. The minimum Gasteiger partial charge on any atom is -0.0619 e. The molecule has 3 aliphatic carbocycles. The van der Waals surface area contributed by atoms with Crippen LogP contribution in [0.2, 0.25) is 0 Å². The van der Waals surface area contributed by atoms with E-state index in [0.29, 0.717) is 0 Å². The highest BCUT2D eigenvalue weighted by molar-refractivity contribution is 5.94. The number of benzene rings is 5. The van der Waals surface area contributed by atoms with Gasteiger partial charge in [-0.2, -0.15) is 0 Å². The van der Waals surface area contributed by atoms with Gasteiger partial charge in [-0.15, -0.1) is 0 Å². The summed E-state index contributed by atoms with van der Waals surface area (Å²) in [5.41, 5.74) is 17.7. The van der Waals surface area contributed by atoms with Gasteiger partial charge in [0.25, 0.3) is 0 Å². The topological polar surface area (TPSA) is 0 Å². The number of fused-ring (bicyclic) bond motifs is 11. The van der Waals surface area contributed by atoms with Crippen LogP contribution in [0.5, 0.6) is 0 Å². The van der Waals surface area contributed by atoms with Crippen LogP contribution in [0.25, 0.3) is 44.2 Å². The lowest BCUT2D eigenvalue weighted by Gasteiger charge is -2.08. The molecule has 0 aliphatic heterocycles. The summed E-state index contributed by atoms with van der Waals surface area (Å²) in [7, 11) is 0. The Hall–Kier alpha value is -3.64. The van der Waals surface area contributed by atoms with Gasteiger partial charge in [0.2, 0.25) is 0 Å². The molecule has 3 aliphatic rings. The van der Waals surface area contributed by atoms with Gasteiger partial charge in [-0.05, 0) is 115 Å². The van der Waals surface area contributed by atoms with Gasteiger partial charge in [0.05, 0.1) is 0 Å². The summed E-state index contributed by atoms with van der Waals surface area (Å²) < 4.78 is 0. The van der Waals surface area contributed by atoms with Crippen LogP contribution in [0, 0.1) is 0 Å². The Kier molecular flexibility index (Phi) is 2.87. The maximum absolute atomic E-state index is 2.49. The van der Waals surface area contributed by atoms with Crippen molar-refractivity contribution < 1.29 is 0 Å². The second kappa shape index (κ2) is 5.53. The normalized spacial score (nSPS) is 14.1. The molecule has 8 rings (SSSR count). The van der Waals surface area contributed by atoms with E-state index in [-0.39, 0.29) is 0 Å². The molecule has 0 saturated heterocycles. The van der Waals surface area contributed by atoms with Gasteiger partial charge in [-0.25, -0.2) is 0 Å². The van der Waals surface area contributed by atoms with E-state index >= 15 is 0 Å². The van der Waals surface area contributed by atoms with Crippen molar-refractivity contribution in [3.05, 3.63) is 118 Å². The molecule has 0 unspecified atom stereocenters. The third-order valence-corrected chi connectivity index (χ3v) is 7.73. The molecule has 0 fully saturated rings. The van der Waals surface area contributed by atoms with Gasteiger partial charge in [0, 0.05) is 0 Å². The molecule has 0 saturated carbocycles. The third-order valence-electron chi connectivity index (χ3n) is 7.73. The molecule has 0 nitrogen and oxygen atoms in total. The molecule has 144 valence electrons. The second-order valence-electron chi connectivity index (χ2n) is 9.33. The van der Waals surface area contributed by atoms with Crippen LogP contribution in [0.3, 0.4) is 0 Å². The van der Waals surface area contributed by atoms with Crippen molar-refractivity contribution in [2.75, 3.05) is 0 Å². The Morgan fingerprint density at radius 3 is 1.68 bits per heavy atom. The molecular formula is C31H20. The standard InChI is InChI=1S/C31H20/c1-2-6-19-13-28-21(11-18(19)5-1)16-30-25(28)9-10-26-29-14-22-12-20-7-3-4-8-24(20)27(22)15-23(29)17-31(26)30/h1-11,13-15H,12,16-17H2. The number of hydrogen-bond donors (Lipinski definition) is 0. The van der Waals surface area contributed by atoms with Gasteiger partial charge < -0.3 is 0 Å². The highest BCUT2D eigenvalue weighted by atomic mass is 14.3. The molecule has 0 radical (unpaired) electrons. The largest absolute Gasteiger partial charge is 0.0619 e. The Bertz CT molecular complexity index is 1600. The molecule has 0 heterocycles. The minimum absolute atomic E-state index is 1.06. The summed E-state index contributed by atoms with van der Waals surface area (Å²) in [5, 5.41) is 2.69. The SMILES string of the molecule is c1ccc2c(c1)Cc1cc3c(cc1-2)Cc1c-3ccc2c1Cc1cc3ccccc3cc1-2. The average Bonchev–Trinajstić information content (AvgIpc) is 3.46. The van der Waals surface area contributed by atoms with E-state index < -0.39 is 0 Å². The molecule has 0 aromatic heterocycles. The average molecular weight is 393 g/mol.